The highest BCUT2D eigenvalue weighted by Gasteiger charge is 2.19. The van der Waals surface area contributed by atoms with E-state index >= 15 is 0 Å². The number of benzene rings is 14. The van der Waals surface area contributed by atoms with Crippen LogP contribution in [0.1, 0.15) is 136 Å². The SMILES string of the molecule is CC.CC(=O)Nc1cccc(Br)c1C.CCNc1ccc(N=Nc2ccc([N+](=O)[O-])cc2)c(Oc2cccc3cc(N(CC)CC)ccc23)c1C.CCNc1ccc2nc3ccc4cc(=[N+](CC)CC)ccc4c3oc2c1C.CCNc1cccc(Br)c1C.CCNc1cccc(I)c1C.CCNc1cccc(Oc2cccc3cc(N(CC)CC)ccc23)c1C.Cc1c(N)cccc1Br. The fourth-order valence-electron chi connectivity index (χ4n) is 14.9. The number of nitrogens with zero attached hydrogens (tertiary/aromatic N) is 7. The lowest BCUT2D eigenvalue weighted by Crippen LogP contribution is -2.29. The van der Waals surface area contributed by atoms with Crippen LogP contribution in [0.25, 0.3) is 54.5 Å². The first-order valence-corrected chi connectivity index (χ1v) is 50.0. The average molecular weight is 2130 g/mol. The predicted molar refractivity (Wildman–Crippen MR) is 596 cm³/mol. The molecule has 0 fully saturated rings. The number of nitro groups is 1. The van der Waals surface area contributed by atoms with Gasteiger partial charge in [-0.2, -0.15) is 5.11 Å². The van der Waals surface area contributed by atoms with Gasteiger partial charge in [-0.05, 0) is 343 Å². The van der Waals surface area contributed by atoms with Crippen LogP contribution in [0.5, 0.6) is 23.0 Å². The topological polar surface area (TPSA) is 237 Å². The Kier molecular flexibility index (Phi) is 44.1. The number of fused-ring (bicyclic) bond motifs is 6. The lowest BCUT2D eigenvalue weighted by atomic mass is 10.1. The maximum atomic E-state index is 10.9. The summed E-state index contributed by atoms with van der Waals surface area (Å²) >= 11 is 12.6. The molecule has 0 aliphatic carbocycles. The Bertz CT molecular complexity index is 6480. The minimum Gasteiger partial charge on any atom is -0.456 e. The number of nitrogens with one attached hydrogen (secondary N) is 6. The Morgan fingerprint density at radius 3 is 1.38 bits per heavy atom. The quantitative estimate of drug-likeness (QED) is 0.00390. The first-order valence-electron chi connectivity index (χ1n) is 46.5. The molecule has 0 atom stereocenters. The second kappa shape index (κ2) is 55.1. The molecule has 0 saturated heterocycles. The summed E-state index contributed by atoms with van der Waals surface area (Å²) in [6.45, 7) is 53.7. The molecule has 24 heteroatoms. The van der Waals surface area contributed by atoms with Crippen LogP contribution in [0.4, 0.5) is 68.2 Å². The predicted octanol–water partition coefficient (Wildman–Crippen LogP) is 31.7. The summed E-state index contributed by atoms with van der Waals surface area (Å²) in [5.41, 5.74) is 27.8. The highest BCUT2D eigenvalue weighted by molar-refractivity contribution is 14.1. The van der Waals surface area contributed by atoms with Crippen molar-refractivity contribution in [3.05, 3.63) is 314 Å². The minimum atomic E-state index is -0.440. The number of nitrogen functional groups attached to an aromatic ring is 1. The molecule has 0 bridgehead atoms. The van der Waals surface area contributed by atoms with E-state index in [9.17, 15) is 14.9 Å². The number of carbonyl (C=O) groups excluding carboxylic acids is 1. The van der Waals surface area contributed by atoms with Crippen molar-refractivity contribution >= 4 is 199 Å². The van der Waals surface area contributed by atoms with Crippen LogP contribution in [0, 0.1) is 62.2 Å². The van der Waals surface area contributed by atoms with Crippen molar-refractivity contribution in [1.29, 1.82) is 0 Å². The molecule has 1 aromatic heterocycles. The van der Waals surface area contributed by atoms with Crippen molar-refractivity contribution in [3.63, 3.8) is 0 Å². The van der Waals surface area contributed by atoms with Gasteiger partial charge in [0.2, 0.25) is 11.3 Å². The summed E-state index contributed by atoms with van der Waals surface area (Å²) in [6.07, 6.45) is 0. The molecule has 1 amide bonds. The van der Waals surface area contributed by atoms with Crippen LogP contribution in [0.3, 0.4) is 0 Å². The van der Waals surface area contributed by atoms with Crippen molar-refractivity contribution in [2.24, 2.45) is 10.2 Å². The number of aryl methyl sites for hydroxylation is 1. The molecular weight excluding hydrogens is 1990 g/mol. The Balaban J connectivity index is 0.000000205. The van der Waals surface area contributed by atoms with Gasteiger partial charge in [-0.1, -0.05) is 122 Å². The highest BCUT2D eigenvalue weighted by Crippen LogP contribution is 2.43. The fourth-order valence-corrected chi connectivity index (χ4v) is 16.5. The second-order valence-corrected chi connectivity index (χ2v) is 34.9. The maximum Gasteiger partial charge on any atom is 0.269 e. The summed E-state index contributed by atoms with van der Waals surface area (Å²) in [5.74, 6) is 3.07. The van der Waals surface area contributed by atoms with Gasteiger partial charge < -0.3 is 61.3 Å². The molecule has 0 radical (unpaired) electrons. The van der Waals surface area contributed by atoms with Gasteiger partial charge in [-0.15, -0.1) is 5.11 Å². The molecule has 20 nitrogen and oxygen atoms in total. The lowest BCUT2D eigenvalue weighted by Gasteiger charge is -2.22. The van der Waals surface area contributed by atoms with E-state index in [2.05, 4.69) is 351 Å². The molecule has 15 aromatic rings. The number of non-ortho nitro benzene ring substituents is 1. The third-order valence-corrected chi connectivity index (χ3v) is 26.2. The Morgan fingerprint density at radius 2 is 0.867 bits per heavy atom. The van der Waals surface area contributed by atoms with E-state index in [1.54, 1.807) is 12.1 Å². The van der Waals surface area contributed by atoms with Gasteiger partial charge in [0, 0.05) is 191 Å². The van der Waals surface area contributed by atoms with Crippen LogP contribution in [-0.2, 0) is 4.79 Å². The number of amides is 1. The number of carbonyl (C=O) groups is 1. The zero-order valence-corrected chi connectivity index (χ0v) is 89.0. The number of hydrogen-bond acceptors (Lipinski definition) is 17. The van der Waals surface area contributed by atoms with Gasteiger partial charge in [-0.25, -0.2) is 9.56 Å². The van der Waals surface area contributed by atoms with Crippen molar-refractivity contribution in [3.8, 4) is 23.0 Å². The lowest BCUT2D eigenvalue weighted by molar-refractivity contribution is -0.384. The Labute approximate surface area is 837 Å². The normalized spacial score (nSPS) is 10.5. The Morgan fingerprint density at radius 1 is 0.437 bits per heavy atom. The molecule has 0 spiro atoms. The van der Waals surface area contributed by atoms with Crippen LogP contribution < -0.4 is 66.8 Å². The minimum absolute atomic E-state index is 0.00826. The zero-order valence-electron chi connectivity index (χ0n) is 82.0. The van der Waals surface area contributed by atoms with Gasteiger partial charge in [0.05, 0.1) is 10.6 Å². The second-order valence-electron chi connectivity index (χ2n) is 31.2. The van der Waals surface area contributed by atoms with Gasteiger partial charge in [-0.3, -0.25) is 14.9 Å². The van der Waals surface area contributed by atoms with E-state index in [1.165, 1.54) is 72.6 Å². The summed E-state index contributed by atoms with van der Waals surface area (Å²) < 4.78 is 26.2. The van der Waals surface area contributed by atoms with Gasteiger partial charge in [0.25, 0.3) is 5.69 Å². The van der Waals surface area contributed by atoms with Crippen molar-refractivity contribution in [2.45, 2.75) is 145 Å². The average Bonchev–Trinajstić information content (AvgIpc) is 0.755. The van der Waals surface area contributed by atoms with E-state index in [0.29, 0.717) is 17.1 Å². The zero-order chi connectivity index (χ0) is 98.4. The van der Waals surface area contributed by atoms with Gasteiger partial charge >= 0.3 is 0 Å². The Hall–Kier alpha value is -12.1. The molecular formula is C111H133Br3IN14O6+. The first-order chi connectivity index (χ1) is 65.1. The number of anilines is 9. The number of azo groups is 1. The third kappa shape index (κ3) is 29.9. The monoisotopic (exact) mass is 2120 g/mol. The first kappa shape index (κ1) is 108. The van der Waals surface area contributed by atoms with Gasteiger partial charge in [0.15, 0.2) is 16.9 Å². The molecule has 710 valence electrons. The van der Waals surface area contributed by atoms with E-state index in [0.717, 1.165) is 203 Å². The van der Waals surface area contributed by atoms with Gasteiger partial charge in [0.1, 0.15) is 47.1 Å². The molecule has 0 unspecified atom stereocenters. The number of nitrogens with two attached hydrogens (primary N) is 1. The van der Waals surface area contributed by atoms with Crippen molar-refractivity contribution in [1.82, 2.24) is 9.56 Å². The number of hydrogen-bond donors (Lipinski definition) is 7. The van der Waals surface area contributed by atoms with Crippen molar-refractivity contribution < 1.29 is 23.6 Å². The smallest absolute Gasteiger partial charge is 0.269 e. The largest absolute Gasteiger partial charge is 0.456 e. The third-order valence-electron chi connectivity index (χ3n) is 22.5. The van der Waals surface area contributed by atoms with Crippen LogP contribution >= 0.6 is 70.4 Å². The molecule has 14 aromatic carbocycles. The molecule has 8 N–H and O–H groups in total. The summed E-state index contributed by atoms with van der Waals surface area (Å²) in [4.78, 5) is 30.8. The number of ether oxygens (including phenoxy) is 2. The van der Waals surface area contributed by atoms with Crippen LogP contribution in [0.15, 0.2) is 271 Å². The van der Waals surface area contributed by atoms with Crippen LogP contribution in [-0.4, -0.2) is 87.8 Å². The molecule has 0 aliphatic rings. The standard InChI is InChI=1S/C29H31N5O3.C23H25N3O.C23H28N2O.C9H10BrNO.C9H12BrN.C9H12IN.C7H8BrN.C2H6/c1-5-30-26-17-18-27(32-31-22-11-13-23(14-12-22)34(35)36)29(20(26)4)37-28-10-8-9-21-19-24(15-16-25(21)28)33(6-2)7-3;1-5-24-19-12-13-20-22(15(19)4)27-23-18-10-9-17(26(6-2)7-3)14-16(18)8-11-21(23)25-20;1-5-24-21-11-9-12-22(17(21)4)26-23-13-8-10-18-16-19(14-15-20(18)23)25(6-2)7-3;1-6-8(10)4-3-5-9(6)11-7(2)12;2*1-3-11-9-6-4-5-8(10)7(9)2;1-5-6(8)3-2-4-7(5)9;1-2/h8-19,30H,5-7H2,1-4H3;8-14H,5-7H2,1-4H3;8-16,24H,5-7H2,1-4H3;3-5H,1-2H3,(H,11,12);2*4-6,11H,3H2,1-2H3;2-4H,9H2,1H3;1-2H3/p+1. The van der Waals surface area contributed by atoms with E-state index in [1.807, 2.05) is 133 Å². The van der Waals surface area contributed by atoms with E-state index in [4.69, 9.17) is 24.6 Å². The van der Waals surface area contributed by atoms with E-state index in [-0.39, 0.29) is 11.6 Å². The van der Waals surface area contributed by atoms with Crippen LogP contribution in [0.2, 0.25) is 0 Å². The number of nitro benzene ring substituents is 1. The molecule has 0 saturated carbocycles. The number of halogens is 4. The summed E-state index contributed by atoms with van der Waals surface area (Å²) in [6, 6.07) is 80.1. The number of rotatable bonds is 26. The molecule has 15 rings (SSSR count). The molecule has 1 heterocycles. The fraction of sp³-hybridized carbons (Fsp3) is 0.288. The van der Waals surface area contributed by atoms with E-state index < -0.39 is 4.92 Å². The summed E-state index contributed by atoms with van der Waals surface area (Å²) in [5, 5.41) is 47.1. The summed E-state index contributed by atoms with van der Waals surface area (Å²) in [7, 11) is 0. The number of aromatic nitrogens is 1. The maximum absolute atomic E-state index is 10.9. The highest BCUT2D eigenvalue weighted by atomic mass is 127. The van der Waals surface area contributed by atoms with Crippen molar-refractivity contribution in [2.75, 3.05) is 119 Å². The molecule has 0 aliphatic heterocycles. The molecule has 135 heavy (non-hydrogen) atoms.